The fourth-order valence-electron chi connectivity index (χ4n) is 2.70. The molecule has 132 valence electrons. The number of piperidine rings is 1. The molecule has 1 saturated heterocycles. The highest BCUT2D eigenvalue weighted by Crippen LogP contribution is 2.21. The van der Waals surface area contributed by atoms with Gasteiger partial charge in [-0.15, -0.1) is 0 Å². The zero-order valence-electron chi connectivity index (χ0n) is 13.3. The van der Waals surface area contributed by atoms with Crippen LogP contribution in [-0.2, 0) is 4.79 Å². The van der Waals surface area contributed by atoms with Crippen LogP contribution >= 0.6 is 0 Å². The number of hydrogen-bond acceptors (Lipinski definition) is 3. The lowest BCUT2D eigenvalue weighted by atomic mass is 9.91. The Hall–Kier alpha value is -2.38. The molecule has 2 rings (SSSR count). The smallest absolute Gasteiger partial charge is 0.317 e. The first kappa shape index (κ1) is 18.0. The highest BCUT2D eigenvalue weighted by atomic mass is 19.2. The fourth-order valence-corrected chi connectivity index (χ4v) is 2.70. The van der Waals surface area contributed by atoms with Crippen LogP contribution in [0, 0.1) is 23.5 Å². The van der Waals surface area contributed by atoms with Crippen molar-refractivity contribution in [1.82, 2.24) is 10.2 Å². The number of hydrogen-bond donors (Lipinski definition) is 2. The topological polar surface area (TPSA) is 78.9 Å². The largest absolute Gasteiger partial charge is 0.492 e. The Balaban J connectivity index is 1.76. The van der Waals surface area contributed by atoms with Crippen molar-refractivity contribution < 1.29 is 28.2 Å². The lowest BCUT2D eigenvalue weighted by molar-refractivity contribution is -0.143. The van der Waals surface area contributed by atoms with Crippen molar-refractivity contribution in [2.75, 3.05) is 26.2 Å². The molecule has 0 aliphatic carbocycles. The SMILES string of the molecule is CC1CC(C(=O)O)CN(C(=O)NCCOc2ccc(F)c(F)c2)C1. The number of carboxylic acid groups (broad SMARTS) is 1. The molecule has 0 spiro atoms. The molecular weight excluding hydrogens is 322 g/mol. The maximum atomic E-state index is 13.0. The summed E-state index contributed by atoms with van der Waals surface area (Å²) in [6.07, 6.45) is 0.554. The van der Waals surface area contributed by atoms with Crippen LogP contribution in [0.15, 0.2) is 18.2 Å². The molecule has 0 bridgehead atoms. The number of likely N-dealkylation sites (tertiary alicyclic amines) is 1. The van der Waals surface area contributed by atoms with Crippen LogP contribution < -0.4 is 10.1 Å². The third-order valence-electron chi connectivity index (χ3n) is 3.83. The van der Waals surface area contributed by atoms with E-state index in [1.54, 1.807) is 0 Å². The van der Waals surface area contributed by atoms with Gasteiger partial charge in [-0.25, -0.2) is 13.6 Å². The third-order valence-corrected chi connectivity index (χ3v) is 3.83. The highest BCUT2D eigenvalue weighted by molar-refractivity contribution is 5.76. The minimum Gasteiger partial charge on any atom is -0.492 e. The molecule has 1 fully saturated rings. The number of nitrogens with one attached hydrogen (secondary N) is 1. The standard InChI is InChI=1S/C16H20F2N2O4/c1-10-6-11(15(21)22)9-20(8-10)16(23)19-4-5-24-12-2-3-13(17)14(18)7-12/h2-3,7,10-11H,4-6,8-9H2,1H3,(H,19,23)(H,21,22). The molecule has 6 nitrogen and oxygen atoms in total. The normalized spacial score (nSPS) is 20.5. The van der Waals surface area contributed by atoms with Crippen molar-refractivity contribution in [2.24, 2.45) is 11.8 Å². The highest BCUT2D eigenvalue weighted by Gasteiger charge is 2.31. The van der Waals surface area contributed by atoms with Crippen molar-refractivity contribution in [3.8, 4) is 5.75 Å². The van der Waals surface area contributed by atoms with Gasteiger partial charge in [0.2, 0.25) is 0 Å². The molecule has 1 aliphatic rings. The van der Waals surface area contributed by atoms with Crippen LogP contribution in [0.1, 0.15) is 13.3 Å². The summed E-state index contributed by atoms with van der Waals surface area (Å²) in [6.45, 7) is 2.83. The first-order valence-corrected chi connectivity index (χ1v) is 7.70. The lowest BCUT2D eigenvalue weighted by Crippen LogP contribution is -2.50. The summed E-state index contributed by atoms with van der Waals surface area (Å²) in [5, 5.41) is 11.7. The van der Waals surface area contributed by atoms with Crippen molar-refractivity contribution in [3.05, 3.63) is 29.8 Å². The number of amides is 2. The van der Waals surface area contributed by atoms with E-state index in [2.05, 4.69) is 5.32 Å². The summed E-state index contributed by atoms with van der Waals surface area (Å²) < 4.78 is 31.0. The van der Waals surface area contributed by atoms with E-state index in [0.29, 0.717) is 13.0 Å². The molecule has 0 aromatic heterocycles. The number of ether oxygens (including phenoxy) is 1. The van der Waals surface area contributed by atoms with Gasteiger partial charge >= 0.3 is 12.0 Å². The van der Waals surface area contributed by atoms with Gasteiger partial charge in [-0.3, -0.25) is 4.79 Å². The van der Waals surface area contributed by atoms with Gasteiger partial charge in [-0.2, -0.15) is 0 Å². The summed E-state index contributed by atoms with van der Waals surface area (Å²) >= 11 is 0. The van der Waals surface area contributed by atoms with Gasteiger partial charge in [0.05, 0.1) is 12.5 Å². The number of nitrogens with zero attached hydrogens (tertiary/aromatic N) is 1. The van der Waals surface area contributed by atoms with Gasteiger partial charge in [0.15, 0.2) is 11.6 Å². The predicted octanol–water partition coefficient (Wildman–Crippen LogP) is 2.10. The number of halogens is 2. The Morgan fingerprint density at radius 2 is 2.08 bits per heavy atom. The van der Waals surface area contributed by atoms with Crippen LogP contribution in [0.25, 0.3) is 0 Å². The summed E-state index contributed by atoms with van der Waals surface area (Å²) in [5.41, 5.74) is 0. The number of carbonyl (C=O) groups is 2. The number of aliphatic carboxylic acids is 1. The van der Waals surface area contributed by atoms with E-state index in [1.165, 1.54) is 11.0 Å². The van der Waals surface area contributed by atoms with Crippen LogP contribution in [0.3, 0.4) is 0 Å². The zero-order chi connectivity index (χ0) is 17.7. The number of carboxylic acids is 1. The van der Waals surface area contributed by atoms with E-state index >= 15 is 0 Å². The van der Waals surface area contributed by atoms with Crippen molar-refractivity contribution >= 4 is 12.0 Å². The van der Waals surface area contributed by atoms with Crippen molar-refractivity contribution in [1.29, 1.82) is 0 Å². The van der Waals surface area contributed by atoms with Crippen LogP contribution in [0.5, 0.6) is 5.75 Å². The fraction of sp³-hybridized carbons (Fsp3) is 0.500. The van der Waals surface area contributed by atoms with E-state index in [-0.39, 0.29) is 37.4 Å². The Bertz CT molecular complexity index is 612. The lowest BCUT2D eigenvalue weighted by Gasteiger charge is -2.34. The Labute approximate surface area is 138 Å². The maximum absolute atomic E-state index is 13.0. The number of rotatable bonds is 5. The molecule has 24 heavy (non-hydrogen) atoms. The minimum absolute atomic E-state index is 0.0859. The van der Waals surface area contributed by atoms with Gasteiger partial charge < -0.3 is 20.1 Å². The second kappa shape index (κ2) is 7.94. The minimum atomic E-state index is -1.00. The summed E-state index contributed by atoms with van der Waals surface area (Å²) in [4.78, 5) is 24.7. The summed E-state index contributed by atoms with van der Waals surface area (Å²) in [6, 6.07) is 2.83. The van der Waals surface area contributed by atoms with E-state index in [9.17, 15) is 18.4 Å². The van der Waals surface area contributed by atoms with E-state index in [0.717, 1.165) is 12.1 Å². The number of carbonyl (C=O) groups excluding carboxylic acids is 1. The molecule has 2 atom stereocenters. The van der Waals surface area contributed by atoms with E-state index < -0.39 is 23.5 Å². The van der Waals surface area contributed by atoms with Crippen molar-refractivity contribution in [3.63, 3.8) is 0 Å². The van der Waals surface area contributed by atoms with Crippen molar-refractivity contribution in [2.45, 2.75) is 13.3 Å². The van der Waals surface area contributed by atoms with Crippen LogP contribution in [-0.4, -0.2) is 48.2 Å². The Morgan fingerprint density at radius 3 is 2.75 bits per heavy atom. The predicted molar refractivity (Wildman–Crippen MR) is 81.7 cm³/mol. The van der Waals surface area contributed by atoms with Gasteiger partial charge in [-0.05, 0) is 24.5 Å². The van der Waals surface area contributed by atoms with Crippen LogP contribution in [0.4, 0.5) is 13.6 Å². The quantitative estimate of drug-likeness (QED) is 0.803. The average molecular weight is 342 g/mol. The first-order chi connectivity index (χ1) is 11.4. The van der Waals surface area contributed by atoms with Gasteiger partial charge in [0.25, 0.3) is 0 Å². The molecule has 0 saturated carbocycles. The summed E-state index contributed by atoms with van der Waals surface area (Å²) in [7, 11) is 0. The van der Waals surface area contributed by atoms with Gasteiger partial charge in [-0.1, -0.05) is 6.92 Å². The molecule has 2 amide bonds. The molecule has 1 aromatic rings. The molecule has 1 aliphatic heterocycles. The first-order valence-electron chi connectivity index (χ1n) is 7.70. The molecular formula is C16H20F2N2O4. The van der Waals surface area contributed by atoms with Crippen LogP contribution in [0.2, 0.25) is 0 Å². The molecule has 1 aromatic carbocycles. The van der Waals surface area contributed by atoms with Gasteiger partial charge in [0, 0.05) is 19.2 Å². The second-order valence-electron chi connectivity index (χ2n) is 5.94. The summed E-state index contributed by atoms with van der Waals surface area (Å²) in [5.74, 6) is -3.13. The Kier molecular flexibility index (Phi) is 5.94. The third kappa shape index (κ3) is 4.81. The average Bonchev–Trinajstić information content (AvgIpc) is 2.54. The molecule has 2 unspecified atom stereocenters. The van der Waals surface area contributed by atoms with E-state index in [4.69, 9.17) is 9.84 Å². The zero-order valence-corrected chi connectivity index (χ0v) is 13.3. The molecule has 2 N–H and O–H groups in total. The molecule has 0 radical (unpaired) electrons. The number of urea groups is 1. The second-order valence-corrected chi connectivity index (χ2v) is 5.94. The monoisotopic (exact) mass is 342 g/mol. The number of benzene rings is 1. The van der Waals surface area contributed by atoms with Gasteiger partial charge in [0.1, 0.15) is 12.4 Å². The molecule has 8 heteroatoms. The maximum Gasteiger partial charge on any atom is 0.317 e. The Morgan fingerprint density at radius 1 is 1.33 bits per heavy atom. The molecule has 1 heterocycles. The van der Waals surface area contributed by atoms with E-state index in [1.807, 2.05) is 6.92 Å².